The van der Waals surface area contributed by atoms with Crippen molar-refractivity contribution in [1.29, 1.82) is 0 Å². The lowest BCUT2D eigenvalue weighted by Gasteiger charge is -2.32. The molecule has 0 bridgehead atoms. The maximum absolute atomic E-state index is 12.2. The molecule has 5 nitrogen and oxygen atoms in total. The lowest BCUT2D eigenvalue weighted by Crippen LogP contribution is -2.49. The van der Waals surface area contributed by atoms with Gasteiger partial charge in [0.05, 0.1) is 0 Å². The van der Waals surface area contributed by atoms with E-state index < -0.39 is 0 Å². The van der Waals surface area contributed by atoms with E-state index in [0.717, 1.165) is 44.5 Å². The Morgan fingerprint density at radius 2 is 2.05 bits per heavy atom. The number of hydrogen-bond acceptors (Lipinski definition) is 4. The van der Waals surface area contributed by atoms with E-state index in [2.05, 4.69) is 22.8 Å². The summed E-state index contributed by atoms with van der Waals surface area (Å²) in [7, 11) is 0. The van der Waals surface area contributed by atoms with Gasteiger partial charge in [0.15, 0.2) is 0 Å². The molecule has 5 heteroatoms. The average molecular weight is 262 g/mol. The molecule has 2 rings (SSSR count). The molecular weight excluding hydrogens is 240 g/mol. The Bertz CT molecular complexity index is 388. The molecule has 104 valence electrons. The zero-order chi connectivity index (χ0) is 13.5. The van der Waals surface area contributed by atoms with Gasteiger partial charge in [0.25, 0.3) is 5.91 Å². The van der Waals surface area contributed by atoms with Crippen LogP contribution in [-0.4, -0.2) is 41.5 Å². The Hall–Kier alpha value is -1.46. The SMILES string of the molecule is CCCNNC1CCN(C(=O)c2ccncc2)CC1. The van der Waals surface area contributed by atoms with Gasteiger partial charge in [0, 0.05) is 43.6 Å². The number of pyridine rings is 1. The number of nitrogens with zero attached hydrogens (tertiary/aromatic N) is 2. The fraction of sp³-hybridized carbons (Fsp3) is 0.571. The smallest absolute Gasteiger partial charge is 0.253 e. The molecule has 1 saturated heterocycles. The molecule has 0 aromatic carbocycles. The topological polar surface area (TPSA) is 57.3 Å². The van der Waals surface area contributed by atoms with Crippen molar-refractivity contribution in [1.82, 2.24) is 20.7 Å². The third kappa shape index (κ3) is 4.01. The van der Waals surface area contributed by atoms with Crippen LogP contribution in [-0.2, 0) is 0 Å². The zero-order valence-corrected chi connectivity index (χ0v) is 11.4. The molecule has 0 saturated carbocycles. The van der Waals surface area contributed by atoms with E-state index in [1.165, 1.54) is 0 Å². The summed E-state index contributed by atoms with van der Waals surface area (Å²) >= 11 is 0. The highest BCUT2D eigenvalue weighted by Gasteiger charge is 2.23. The van der Waals surface area contributed by atoms with Crippen LogP contribution in [0.3, 0.4) is 0 Å². The highest BCUT2D eigenvalue weighted by molar-refractivity contribution is 5.94. The van der Waals surface area contributed by atoms with E-state index in [1.807, 2.05) is 4.90 Å². The van der Waals surface area contributed by atoms with Crippen molar-refractivity contribution in [3.8, 4) is 0 Å². The largest absolute Gasteiger partial charge is 0.339 e. The lowest BCUT2D eigenvalue weighted by atomic mass is 10.0. The minimum Gasteiger partial charge on any atom is -0.339 e. The van der Waals surface area contributed by atoms with Crippen molar-refractivity contribution in [2.45, 2.75) is 32.2 Å². The number of nitrogens with one attached hydrogen (secondary N) is 2. The summed E-state index contributed by atoms with van der Waals surface area (Å²) in [4.78, 5) is 18.1. The number of piperidine rings is 1. The molecule has 2 N–H and O–H groups in total. The van der Waals surface area contributed by atoms with Crippen LogP contribution >= 0.6 is 0 Å². The van der Waals surface area contributed by atoms with Gasteiger partial charge >= 0.3 is 0 Å². The number of likely N-dealkylation sites (tertiary alicyclic amines) is 1. The molecular formula is C14H22N4O. The Kier molecular flexibility index (Phi) is 5.30. The first-order chi connectivity index (χ1) is 9.31. The summed E-state index contributed by atoms with van der Waals surface area (Å²) in [6.07, 6.45) is 6.43. The summed E-state index contributed by atoms with van der Waals surface area (Å²) < 4.78 is 0. The number of carbonyl (C=O) groups excluding carboxylic acids is 1. The molecule has 0 radical (unpaired) electrons. The van der Waals surface area contributed by atoms with Crippen LogP contribution in [0.5, 0.6) is 0 Å². The van der Waals surface area contributed by atoms with Gasteiger partial charge in [0.1, 0.15) is 0 Å². The van der Waals surface area contributed by atoms with Crippen molar-refractivity contribution in [2.75, 3.05) is 19.6 Å². The standard InChI is InChI=1S/C14H22N4O/c1-2-7-16-17-13-5-10-18(11-6-13)14(19)12-3-8-15-9-4-12/h3-4,8-9,13,16-17H,2,5-7,10-11H2,1H3. The van der Waals surface area contributed by atoms with E-state index >= 15 is 0 Å². The maximum atomic E-state index is 12.2. The normalized spacial score (nSPS) is 16.6. The van der Waals surface area contributed by atoms with Gasteiger partial charge in [0.2, 0.25) is 0 Å². The molecule has 2 heterocycles. The molecule has 1 amide bonds. The molecule has 1 aromatic rings. The highest BCUT2D eigenvalue weighted by Crippen LogP contribution is 2.13. The number of aromatic nitrogens is 1. The summed E-state index contributed by atoms with van der Waals surface area (Å²) in [6, 6.07) is 4.01. The van der Waals surface area contributed by atoms with Crippen LogP contribution in [0.4, 0.5) is 0 Å². The first-order valence-corrected chi connectivity index (χ1v) is 6.99. The second-order valence-corrected chi connectivity index (χ2v) is 4.87. The van der Waals surface area contributed by atoms with Gasteiger partial charge < -0.3 is 4.90 Å². The Morgan fingerprint density at radius 3 is 2.68 bits per heavy atom. The van der Waals surface area contributed by atoms with Crippen molar-refractivity contribution in [3.05, 3.63) is 30.1 Å². The summed E-state index contributed by atoms with van der Waals surface area (Å²) in [5.41, 5.74) is 7.27. The van der Waals surface area contributed by atoms with Gasteiger partial charge in [-0.1, -0.05) is 6.92 Å². The van der Waals surface area contributed by atoms with E-state index in [-0.39, 0.29) is 5.91 Å². The molecule has 0 unspecified atom stereocenters. The van der Waals surface area contributed by atoms with Crippen molar-refractivity contribution in [3.63, 3.8) is 0 Å². The Labute approximate surface area is 114 Å². The van der Waals surface area contributed by atoms with Crippen LogP contribution in [0.1, 0.15) is 36.5 Å². The first kappa shape index (κ1) is 14.0. The Balaban J connectivity index is 1.78. The fourth-order valence-electron chi connectivity index (χ4n) is 2.25. The second kappa shape index (κ2) is 7.21. The second-order valence-electron chi connectivity index (χ2n) is 4.87. The minimum absolute atomic E-state index is 0.113. The van der Waals surface area contributed by atoms with Crippen LogP contribution < -0.4 is 10.9 Å². The molecule has 0 spiro atoms. The minimum atomic E-state index is 0.113. The van der Waals surface area contributed by atoms with Gasteiger partial charge in [-0.25, -0.2) is 0 Å². The third-order valence-corrected chi connectivity index (χ3v) is 3.39. The fourth-order valence-corrected chi connectivity index (χ4v) is 2.25. The van der Waals surface area contributed by atoms with Gasteiger partial charge in [-0.3, -0.25) is 20.6 Å². The summed E-state index contributed by atoms with van der Waals surface area (Å²) in [6.45, 7) is 4.75. The third-order valence-electron chi connectivity index (χ3n) is 3.39. The Morgan fingerprint density at radius 1 is 1.37 bits per heavy atom. The molecule has 19 heavy (non-hydrogen) atoms. The van der Waals surface area contributed by atoms with Crippen molar-refractivity contribution < 1.29 is 4.79 Å². The first-order valence-electron chi connectivity index (χ1n) is 6.99. The average Bonchev–Trinajstić information content (AvgIpc) is 2.48. The molecule has 0 aliphatic carbocycles. The highest BCUT2D eigenvalue weighted by atomic mass is 16.2. The number of hydrogen-bond donors (Lipinski definition) is 2. The molecule has 1 fully saturated rings. The molecule has 0 atom stereocenters. The molecule has 1 aliphatic heterocycles. The number of amides is 1. The summed E-state index contributed by atoms with van der Waals surface area (Å²) in [5, 5.41) is 0. The molecule has 1 aliphatic rings. The van der Waals surface area contributed by atoms with Gasteiger partial charge in [-0.2, -0.15) is 0 Å². The van der Waals surface area contributed by atoms with E-state index in [1.54, 1.807) is 24.5 Å². The predicted octanol–water partition coefficient (Wildman–Crippen LogP) is 1.19. The van der Waals surface area contributed by atoms with Gasteiger partial charge in [-0.05, 0) is 31.4 Å². The van der Waals surface area contributed by atoms with E-state index in [0.29, 0.717) is 6.04 Å². The monoisotopic (exact) mass is 262 g/mol. The van der Waals surface area contributed by atoms with Crippen LogP contribution in [0.2, 0.25) is 0 Å². The predicted molar refractivity (Wildman–Crippen MR) is 74.6 cm³/mol. The summed E-state index contributed by atoms with van der Waals surface area (Å²) in [5.74, 6) is 0.113. The number of carbonyl (C=O) groups is 1. The van der Waals surface area contributed by atoms with Gasteiger partial charge in [-0.15, -0.1) is 0 Å². The van der Waals surface area contributed by atoms with Crippen LogP contribution in [0, 0.1) is 0 Å². The zero-order valence-electron chi connectivity index (χ0n) is 11.4. The maximum Gasteiger partial charge on any atom is 0.253 e. The van der Waals surface area contributed by atoms with E-state index in [4.69, 9.17) is 0 Å². The number of rotatable bonds is 5. The van der Waals surface area contributed by atoms with Crippen molar-refractivity contribution >= 4 is 5.91 Å². The quantitative estimate of drug-likeness (QED) is 0.618. The van der Waals surface area contributed by atoms with E-state index in [9.17, 15) is 4.79 Å². The number of hydrazine groups is 1. The molecule has 1 aromatic heterocycles. The van der Waals surface area contributed by atoms with Crippen LogP contribution in [0.15, 0.2) is 24.5 Å². The van der Waals surface area contributed by atoms with Crippen molar-refractivity contribution in [2.24, 2.45) is 0 Å². The van der Waals surface area contributed by atoms with Crippen LogP contribution in [0.25, 0.3) is 0 Å². The lowest BCUT2D eigenvalue weighted by molar-refractivity contribution is 0.0700.